The molecular formula is C8H10N2. The van der Waals surface area contributed by atoms with Crippen molar-refractivity contribution in [3.05, 3.63) is 24.5 Å². The minimum atomic E-state index is 0.726. The van der Waals surface area contributed by atoms with Crippen LogP contribution in [0.5, 0.6) is 0 Å². The Hall–Kier alpha value is -1.05. The molecule has 0 aromatic carbocycles. The maximum Gasteiger partial charge on any atom is 0.0528 e. The van der Waals surface area contributed by atoms with E-state index in [0.29, 0.717) is 0 Å². The Kier molecular flexibility index (Phi) is 1.31. The van der Waals surface area contributed by atoms with Crippen LogP contribution in [0.15, 0.2) is 24.5 Å². The fraction of sp³-hybridized carbons (Fsp3) is 0.375. The lowest BCUT2D eigenvalue weighted by Crippen LogP contribution is -2.00. The van der Waals surface area contributed by atoms with Crippen molar-refractivity contribution in [3.8, 4) is 0 Å². The summed E-state index contributed by atoms with van der Waals surface area (Å²) >= 11 is 0. The molecule has 0 amide bonds. The average Bonchev–Trinajstić information content (AvgIpc) is 2.74. The number of anilines is 1. The number of aromatic nitrogens is 1. The van der Waals surface area contributed by atoms with Crippen molar-refractivity contribution >= 4 is 5.69 Å². The zero-order valence-corrected chi connectivity index (χ0v) is 5.75. The van der Waals surface area contributed by atoms with Crippen molar-refractivity contribution in [2.45, 2.75) is 18.9 Å². The number of nitrogens with zero attached hydrogens (tertiary/aromatic N) is 1. The first-order valence-corrected chi connectivity index (χ1v) is 3.62. The average molecular weight is 134 g/mol. The second kappa shape index (κ2) is 2.29. The highest BCUT2D eigenvalue weighted by atomic mass is 15.0. The molecule has 1 aromatic heterocycles. The Labute approximate surface area is 60.3 Å². The molecule has 1 aliphatic rings. The fourth-order valence-electron chi connectivity index (χ4n) is 0.912. The van der Waals surface area contributed by atoms with Crippen molar-refractivity contribution in [1.82, 2.24) is 4.98 Å². The largest absolute Gasteiger partial charge is 0.381 e. The van der Waals surface area contributed by atoms with E-state index in [-0.39, 0.29) is 0 Å². The van der Waals surface area contributed by atoms with E-state index < -0.39 is 0 Å². The van der Waals surface area contributed by atoms with Gasteiger partial charge in [0.15, 0.2) is 0 Å². The molecule has 52 valence electrons. The van der Waals surface area contributed by atoms with Crippen molar-refractivity contribution in [2.24, 2.45) is 0 Å². The molecule has 0 aliphatic heterocycles. The van der Waals surface area contributed by atoms with E-state index in [4.69, 9.17) is 0 Å². The normalized spacial score (nSPS) is 16.8. The first kappa shape index (κ1) is 5.71. The zero-order valence-electron chi connectivity index (χ0n) is 5.75. The second-order valence-corrected chi connectivity index (χ2v) is 2.66. The smallest absolute Gasteiger partial charge is 0.0528 e. The van der Waals surface area contributed by atoms with Gasteiger partial charge < -0.3 is 5.32 Å². The molecule has 0 saturated heterocycles. The SMILES string of the molecule is c1cncc(NC2CC2)c1. The first-order chi connectivity index (χ1) is 4.95. The van der Waals surface area contributed by atoms with Crippen LogP contribution in [0, 0.1) is 0 Å². The summed E-state index contributed by atoms with van der Waals surface area (Å²) in [5.74, 6) is 0. The maximum atomic E-state index is 4.00. The lowest BCUT2D eigenvalue weighted by atomic mass is 10.4. The number of pyridine rings is 1. The third kappa shape index (κ3) is 1.26. The van der Waals surface area contributed by atoms with E-state index in [1.54, 1.807) is 6.20 Å². The monoisotopic (exact) mass is 134 g/mol. The molecule has 1 heterocycles. The van der Waals surface area contributed by atoms with Crippen molar-refractivity contribution in [1.29, 1.82) is 0 Å². The van der Waals surface area contributed by atoms with E-state index in [0.717, 1.165) is 11.7 Å². The Morgan fingerprint density at radius 2 is 2.40 bits per heavy atom. The molecule has 0 unspecified atom stereocenters. The van der Waals surface area contributed by atoms with E-state index >= 15 is 0 Å². The van der Waals surface area contributed by atoms with Crippen LogP contribution in [0.4, 0.5) is 5.69 Å². The predicted octanol–water partition coefficient (Wildman–Crippen LogP) is 1.66. The maximum absolute atomic E-state index is 4.00. The van der Waals surface area contributed by atoms with Crippen molar-refractivity contribution in [3.63, 3.8) is 0 Å². The molecule has 2 heteroatoms. The third-order valence-corrected chi connectivity index (χ3v) is 1.61. The van der Waals surface area contributed by atoms with Crippen LogP contribution in [0.25, 0.3) is 0 Å². The van der Waals surface area contributed by atoms with Crippen LogP contribution in [0.3, 0.4) is 0 Å². The summed E-state index contributed by atoms with van der Waals surface area (Å²) in [5.41, 5.74) is 1.14. The summed E-state index contributed by atoms with van der Waals surface area (Å²) in [4.78, 5) is 4.00. The number of nitrogens with one attached hydrogen (secondary N) is 1. The van der Waals surface area contributed by atoms with Gasteiger partial charge in [-0.2, -0.15) is 0 Å². The van der Waals surface area contributed by atoms with Gasteiger partial charge in [0.1, 0.15) is 0 Å². The molecule has 2 rings (SSSR count). The van der Waals surface area contributed by atoms with Gasteiger partial charge in [-0.1, -0.05) is 0 Å². The van der Waals surface area contributed by atoms with Crippen LogP contribution in [-0.4, -0.2) is 11.0 Å². The minimum absolute atomic E-state index is 0.726. The third-order valence-electron chi connectivity index (χ3n) is 1.61. The van der Waals surface area contributed by atoms with Gasteiger partial charge in [0.2, 0.25) is 0 Å². The van der Waals surface area contributed by atoms with E-state index in [1.807, 2.05) is 18.3 Å². The Morgan fingerprint density at radius 3 is 3.00 bits per heavy atom. The molecular weight excluding hydrogens is 124 g/mol. The Bertz CT molecular complexity index is 204. The molecule has 0 atom stereocenters. The summed E-state index contributed by atoms with van der Waals surface area (Å²) < 4.78 is 0. The molecule has 0 bridgehead atoms. The van der Waals surface area contributed by atoms with Gasteiger partial charge in [-0.05, 0) is 25.0 Å². The second-order valence-electron chi connectivity index (χ2n) is 2.66. The Balaban J connectivity index is 2.03. The summed E-state index contributed by atoms with van der Waals surface area (Å²) in [6, 6.07) is 4.72. The van der Waals surface area contributed by atoms with Crippen LogP contribution >= 0.6 is 0 Å². The number of hydrogen-bond donors (Lipinski definition) is 1. The van der Waals surface area contributed by atoms with Crippen LogP contribution in [0.2, 0.25) is 0 Å². The van der Waals surface area contributed by atoms with Gasteiger partial charge in [0, 0.05) is 18.4 Å². The topological polar surface area (TPSA) is 24.9 Å². The highest BCUT2D eigenvalue weighted by Crippen LogP contribution is 2.23. The standard InChI is InChI=1S/C8H10N2/c1-2-8(6-9-5-1)10-7-3-4-7/h1-2,5-7,10H,3-4H2. The first-order valence-electron chi connectivity index (χ1n) is 3.62. The molecule has 1 aromatic rings. The van der Waals surface area contributed by atoms with Gasteiger partial charge in [0.25, 0.3) is 0 Å². The summed E-state index contributed by atoms with van der Waals surface area (Å²) in [5, 5.41) is 3.35. The molecule has 1 fully saturated rings. The highest BCUT2D eigenvalue weighted by molar-refractivity contribution is 5.41. The predicted molar refractivity (Wildman–Crippen MR) is 40.9 cm³/mol. The summed E-state index contributed by atoms with van der Waals surface area (Å²) in [7, 11) is 0. The van der Waals surface area contributed by atoms with Gasteiger partial charge in [-0.3, -0.25) is 4.98 Å². The van der Waals surface area contributed by atoms with E-state index in [9.17, 15) is 0 Å². The lowest BCUT2D eigenvalue weighted by molar-refractivity contribution is 1.14. The minimum Gasteiger partial charge on any atom is -0.381 e. The molecule has 0 spiro atoms. The molecule has 2 nitrogen and oxygen atoms in total. The Morgan fingerprint density at radius 1 is 1.50 bits per heavy atom. The number of rotatable bonds is 2. The van der Waals surface area contributed by atoms with Gasteiger partial charge in [-0.25, -0.2) is 0 Å². The fourth-order valence-corrected chi connectivity index (χ4v) is 0.912. The van der Waals surface area contributed by atoms with E-state index in [1.165, 1.54) is 12.8 Å². The summed E-state index contributed by atoms with van der Waals surface area (Å²) in [6.07, 6.45) is 6.28. The van der Waals surface area contributed by atoms with Gasteiger partial charge >= 0.3 is 0 Å². The van der Waals surface area contributed by atoms with Crippen LogP contribution in [-0.2, 0) is 0 Å². The van der Waals surface area contributed by atoms with Gasteiger partial charge in [-0.15, -0.1) is 0 Å². The van der Waals surface area contributed by atoms with Crippen LogP contribution in [0.1, 0.15) is 12.8 Å². The molecule has 0 radical (unpaired) electrons. The quantitative estimate of drug-likeness (QED) is 0.665. The van der Waals surface area contributed by atoms with Gasteiger partial charge in [0.05, 0.1) is 5.69 Å². The van der Waals surface area contributed by atoms with E-state index in [2.05, 4.69) is 10.3 Å². The number of hydrogen-bond acceptors (Lipinski definition) is 2. The van der Waals surface area contributed by atoms with Crippen molar-refractivity contribution in [2.75, 3.05) is 5.32 Å². The molecule has 1 aliphatic carbocycles. The van der Waals surface area contributed by atoms with Crippen molar-refractivity contribution < 1.29 is 0 Å². The summed E-state index contributed by atoms with van der Waals surface area (Å²) in [6.45, 7) is 0. The van der Waals surface area contributed by atoms with Crippen LogP contribution < -0.4 is 5.32 Å². The lowest BCUT2D eigenvalue weighted by Gasteiger charge is -2.00. The molecule has 10 heavy (non-hydrogen) atoms. The highest BCUT2D eigenvalue weighted by Gasteiger charge is 2.20. The zero-order chi connectivity index (χ0) is 6.81. The molecule has 1 N–H and O–H groups in total. The molecule has 1 saturated carbocycles.